The number of carbonyl (C=O) groups is 1. The second-order valence-corrected chi connectivity index (χ2v) is 10.9. The van der Waals surface area contributed by atoms with Gasteiger partial charge >= 0.3 is 5.97 Å². The van der Waals surface area contributed by atoms with Gasteiger partial charge in [0.1, 0.15) is 5.82 Å². The lowest BCUT2D eigenvalue weighted by Crippen LogP contribution is -2.36. The molecule has 3 atom stereocenters. The molecule has 7 heteroatoms. The van der Waals surface area contributed by atoms with Crippen LogP contribution in [0.25, 0.3) is 11.0 Å². The van der Waals surface area contributed by atoms with Gasteiger partial charge in [0.15, 0.2) is 0 Å². The fourth-order valence-corrected chi connectivity index (χ4v) is 6.03. The fourth-order valence-electron chi connectivity index (χ4n) is 5.20. The summed E-state index contributed by atoms with van der Waals surface area (Å²) in [6.45, 7) is 2.02. The van der Waals surface area contributed by atoms with Gasteiger partial charge in [-0.15, -0.1) is 0 Å². The monoisotopic (exact) mass is 479 g/mol. The van der Waals surface area contributed by atoms with Crippen LogP contribution in [0.4, 0.5) is 5.69 Å². The lowest BCUT2D eigenvalue weighted by Gasteiger charge is -2.38. The summed E-state index contributed by atoms with van der Waals surface area (Å²) in [5.74, 6) is -0.0290. The first-order valence-electron chi connectivity index (χ1n) is 12.2. The molecule has 2 aliphatic rings. The largest absolute Gasteiger partial charge is 0.481 e. The number of hydrogen-bond donors (Lipinski definition) is 1. The molecule has 2 fully saturated rings. The Morgan fingerprint density at radius 1 is 1.12 bits per heavy atom. The van der Waals surface area contributed by atoms with Crippen LogP contribution in [0.5, 0.6) is 0 Å². The van der Waals surface area contributed by atoms with Crippen LogP contribution in [-0.4, -0.2) is 39.9 Å². The Hall–Kier alpha value is -2.51. The summed E-state index contributed by atoms with van der Waals surface area (Å²) in [7, 11) is 4.09. The first-order chi connectivity index (χ1) is 16.4. The third-order valence-corrected chi connectivity index (χ3v) is 8.51. The van der Waals surface area contributed by atoms with E-state index in [0.29, 0.717) is 12.5 Å². The van der Waals surface area contributed by atoms with E-state index in [1.54, 1.807) is 11.9 Å². The molecule has 1 unspecified atom stereocenters. The number of rotatable bonds is 7. The van der Waals surface area contributed by atoms with Gasteiger partial charge in [0.25, 0.3) is 0 Å². The zero-order valence-corrected chi connectivity index (χ0v) is 20.9. The standard InChI is InChI=1S/C27H33N3O3S/c1-17-28-25-16-22(12-14-26(25)29(17)2)34-30(3)19-9-7-18(8-10-19)24-15-21(33-20-5-4-6-20)11-13-23(24)27(31)32/h7-10,12,14,16,20-21,23-24H,4-6,11,13,15H2,1-3H3,(H,31,32)/t21-,23?,24+/m1/s1. The number of aryl methyl sites for hydroxylation is 2. The molecule has 0 saturated heterocycles. The van der Waals surface area contributed by atoms with Crippen LogP contribution >= 0.6 is 11.9 Å². The van der Waals surface area contributed by atoms with Crippen LogP contribution in [0, 0.1) is 12.8 Å². The van der Waals surface area contributed by atoms with E-state index in [4.69, 9.17) is 4.74 Å². The van der Waals surface area contributed by atoms with Gasteiger partial charge < -0.3 is 18.7 Å². The Bertz CT molecular complexity index is 1170. The van der Waals surface area contributed by atoms with Gasteiger partial charge in [-0.25, -0.2) is 4.98 Å². The predicted molar refractivity (Wildman–Crippen MR) is 136 cm³/mol. The number of nitrogens with zero attached hydrogens (tertiary/aromatic N) is 3. The Kier molecular flexibility index (Phi) is 6.58. The van der Waals surface area contributed by atoms with E-state index in [2.05, 4.69) is 63.4 Å². The minimum absolute atomic E-state index is 0.00172. The van der Waals surface area contributed by atoms with Gasteiger partial charge in [0.2, 0.25) is 0 Å². The summed E-state index contributed by atoms with van der Waals surface area (Å²) in [6.07, 6.45) is 6.43. The van der Waals surface area contributed by atoms with Gasteiger partial charge in [0, 0.05) is 24.7 Å². The maximum Gasteiger partial charge on any atom is 0.307 e. The quantitative estimate of drug-likeness (QED) is 0.424. The van der Waals surface area contributed by atoms with Gasteiger partial charge in [-0.3, -0.25) is 4.79 Å². The van der Waals surface area contributed by atoms with Crippen molar-refractivity contribution >= 4 is 34.6 Å². The van der Waals surface area contributed by atoms with Crippen molar-refractivity contribution in [3.63, 3.8) is 0 Å². The Morgan fingerprint density at radius 2 is 1.88 bits per heavy atom. The number of aliphatic carboxylic acids is 1. The van der Waals surface area contributed by atoms with Crippen molar-refractivity contribution in [1.82, 2.24) is 9.55 Å². The number of hydrogen-bond acceptors (Lipinski definition) is 5. The fraction of sp³-hybridized carbons (Fsp3) is 0.481. The van der Waals surface area contributed by atoms with Crippen molar-refractivity contribution in [2.24, 2.45) is 13.0 Å². The van der Waals surface area contributed by atoms with Crippen molar-refractivity contribution in [2.45, 2.75) is 68.5 Å². The third-order valence-electron chi connectivity index (χ3n) is 7.56. The first-order valence-corrected chi connectivity index (χ1v) is 13.0. The highest BCUT2D eigenvalue weighted by atomic mass is 32.2. The van der Waals surface area contributed by atoms with E-state index < -0.39 is 5.97 Å². The molecule has 3 aromatic rings. The number of carboxylic acid groups (broad SMARTS) is 1. The molecule has 180 valence electrons. The molecular formula is C27H33N3O3S. The minimum Gasteiger partial charge on any atom is -0.481 e. The minimum atomic E-state index is -0.691. The molecule has 1 N–H and O–H groups in total. The molecule has 5 rings (SSSR count). The smallest absolute Gasteiger partial charge is 0.307 e. The highest BCUT2D eigenvalue weighted by Gasteiger charge is 2.37. The zero-order chi connectivity index (χ0) is 23.8. The first kappa shape index (κ1) is 23.2. The van der Waals surface area contributed by atoms with Gasteiger partial charge in [-0.1, -0.05) is 12.1 Å². The molecule has 2 saturated carbocycles. The SMILES string of the molecule is Cc1nc2cc(SN(C)c3ccc([C@@H]4C[C@H](OC5CCC5)CCC4C(=O)O)cc3)ccc2n1C. The molecule has 2 aromatic carbocycles. The maximum absolute atomic E-state index is 12.0. The average molecular weight is 480 g/mol. The van der Waals surface area contributed by atoms with Crippen molar-refractivity contribution in [2.75, 3.05) is 11.4 Å². The van der Waals surface area contributed by atoms with E-state index in [1.807, 2.05) is 14.0 Å². The lowest BCUT2D eigenvalue weighted by molar-refractivity contribution is -0.146. The molecule has 0 bridgehead atoms. The number of ether oxygens (including phenoxy) is 1. The van der Waals surface area contributed by atoms with Crippen molar-refractivity contribution in [3.8, 4) is 0 Å². The van der Waals surface area contributed by atoms with Crippen LogP contribution in [-0.2, 0) is 16.6 Å². The Balaban J connectivity index is 1.28. The molecule has 6 nitrogen and oxygen atoms in total. The molecular weight excluding hydrogens is 446 g/mol. The van der Waals surface area contributed by atoms with Crippen molar-refractivity contribution in [1.29, 1.82) is 0 Å². The molecule has 2 aliphatic carbocycles. The van der Waals surface area contributed by atoms with Gasteiger partial charge in [-0.05, 0) is 99.2 Å². The summed E-state index contributed by atoms with van der Waals surface area (Å²) in [5, 5.41) is 9.84. The van der Waals surface area contributed by atoms with E-state index in [0.717, 1.165) is 58.7 Å². The van der Waals surface area contributed by atoms with E-state index in [9.17, 15) is 9.90 Å². The van der Waals surface area contributed by atoms with Crippen LogP contribution in [0.2, 0.25) is 0 Å². The van der Waals surface area contributed by atoms with Crippen LogP contribution in [0.15, 0.2) is 47.4 Å². The van der Waals surface area contributed by atoms with Crippen LogP contribution < -0.4 is 4.31 Å². The molecule has 0 aliphatic heterocycles. The lowest BCUT2D eigenvalue weighted by atomic mass is 9.74. The number of anilines is 1. The summed E-state index contributed by atoms with van der Waals surface area (Å²) >= 11 is 1.66. The third kappa shape index (κ3) is 4.68. The van der Waals surface area contributed by atoms with Crippen LogP contribution in [0.1, 0.15) is 55.8 Å². The molecule has 1 aromatic heterocycles. The second kappa shape index (κ2) is 9.62. The normalized spacial score (nSPS) is 23.1. The van der Waals surface area contributed by atoms with Crippen LogP contribution in [0.3, 0.4) is 0 Å². The van der Waals surface area contributed by atoms with Crippen molar-refractivity contribution in [3.05, 3.63) is 53.9 Å². The maximum atomic E-state index is 12.0. The van der Waals surface area contributed by atoms with Gasteiger partial charge in [-0.2, -0.15) is 0 Å². The molecule has 0 radical (unpaired) electrons. The summed E-state index contributed by atoms with van der Waals surface area (Å²) in [5.41, 5.74) is 4.32. The number of fused-ring (bicyclic) bond motifs is 1. The number of imidazole rings is 1. The summed E-state index contributed by atoms with van der Waals surface area (Å²) in [6, 6.07) is 14.8. The second-order valence-electron chi connectivity index (χ2n) is 9.72. The highest BCUT2D eigenvalue weighted by molar-refractivity contribution is 8.00. The highest BCUT2D eigenvalue weighted by Crippen LogP contribution is 2.41. The van der Waals surface area contributed by atoms with E-state index >= 15 is 0 Å². The van der Waals surface area contributed by atoms with Gasteiger partial charge in [0.05, 0.1) is 29.2 Å². The molecule has 1 heterocycles. The molecule has 0 amide bonds. The topological polar surface area (TPSA) is 67.6 Å². The molecule has 34 heavy (non-hydrogen) atoms. The van der Waals surface area contributed by atoms with E-state index in [1.165, 1.54) is 6.42 Å². The van der Waals surface area contributed by atoms with Crippen molar-refractivity contribution < 1.29 is 14.6 Å². The summed E-state index contributed by atoms with van der Waals surface area (Å²) < 4.78 is 10.5. The Labute approximate surface area is 205 Å². The van der Waals surface area contributed by atoms with E-state index in [-0.39, 0.29) is 17.9 Å². The number of aromatic nitrogens is 2. The molecule has 0 spiro atoms. The number of carboxylic acids is 1. The zero-order valence-electron chi connectivity index (χ0n) is 20.1. The average Bonchev–Trinajstić information content (AvgIpc) is 3.09. The Morgan fingerprint density at radius 3 is 2.56 bits per heavy atom. The summed E-state index contributed by atoms with van der Waals surface area (Å²) in [4.78, 5) is 17.7. The number of benzene rings is 2. The predicted octanol–water partition coefficient (Wildman–Crippen LogP) is 5.93.